The normalized spacial score (nSPS) is 50.4. The van der Waals surface area contributed by atoms with Crippen molar-refractivity contribution < 1.29 is 14.3 Å². The fourth-order valence-electron chi connectivity index (χ4n) is 11.6. The number of carbonyl (C=O) groups excluding carboxylic acids is 2. The van der Waals surface area contributed by atoms with Crippen LogP contribution in [0.5, 0.6) is 0 Å². The van der Waals surface area contributed by atoms with Gasteiger partial charge in [-0.05, 0) is 111 Å². The van der Waals surface area contributed by atoms with Crippen LogP contribution >= 0.6 is 0 Å². The Bertz CT molecular complexity index is 933. The summed E-state index contributed by atoms with van der Waals surface area (Å²) in [7, 11) is 0. The Hall–Kier alpha value is -1.12. The molecule has 5 rings (SSSR count). The van der Waals surface area contributed by atoms with E-state index in [9.17, 15) is 9.59 Å². The molecule has 3 heteroatoms. The maximum atomic E-state index is 13.0. The molecule has 0 amide bonds. The van der Waals surface area contributed by atoms with E-state index in [2.05, 4.69) is 48.1 Å². The van der Waals surface area contributed by atoms with E-state index >= 15 is 0 Å². The van der Waals surface area contributed by atoms with Crippen molar-refractivity contribution in [1.82, 2.24) is 0 Å². The molecule has 9 atom stereocenters. The molecule has 0 saturated heterocycles. The third-order valence-electron chi connectivity index (χ3n) is 13.5. The van der Waals surface area contributed by atoms with Crippen LogP contribution in [0.15, 0.2) is 12.2 Å². The molecule has 0 N–H and O–H groups in total. The van der Waals surface area contributed by atoms with Gasteiger partial charge in [-0.1, -0.05) is 46.8 Å². The molecule has 196 valence electrons. The van der Waals surface area contributed by atoms with E-state index in [4.69, 9.17) is 4.74 Å². The fourth-order valence-corrected chi connectivity index (χ4v) is 11.6. The first-order valence-corrected chi connectivity index (χ1v) is 14.5. The van der Waals surface area contributed by atoms with Crippen LogP contribution < -0.4 is 0 Å². The number of hydrogen-bond acceptors (Lipinski definition) is 3. The van der Waals surface area contributed by atoms with Crippen LogP contribution in [0.25, 0.3) is 0 Å². The summed E-state index contributed by atoms with van der Waals surface area (Å²) >= 11 is 0. The summed E-state index contributed by atoms with van der Waals surface area (Å²) in [5.74, 6) is 3.34. The summed E-state index contributed by atoms with van der Waals surface area (Å²) < 4.78 is 5.78. The average Bonchev–Trinajstić information content (AvgIpc) is 3.16. The molecule has 0 aliphatic heterocycles. The van der Waals surface area contributed by atoms with E-state index in [0.717, 1.165) is 12.8 Å². The fraction of sp³-hybridized carbons (Fsp3) is 0.875. The molecule has 0 aromatic rings. The Morgan fingerprint density at radius 2 is 1.60 bits per heavy atom. The van der Waals surface area contributed by atoms with Crippen LogP contribution in [0.1, 0.15) is 113 Å². The van der Waals surface area contributed by atoms with Crippen LogP contribution in [0, 0.1) is 56.7 Å². The lowest BCUT2D eigenvalue weighted by molar-refractivity contribution is -0.237. The molecule has 5 saturated carbocycles. The highest BCUT2D eigenvalue weighted by Gasteiger charge is 2.71. The van der Waals surface area contributed by atoms with Gasteiger partial charge in [0.25, 0.3) is 0 Å². The molecule has 3 unspecified atom stereocenters. The van der Waals surface area contributed by atoms with Gasteiger partial charge in [0, 0.05) is 24.2 Å². The number of fused-ring (bicyclic) bond motifs is 7. The third kappa shape index (κ3) is 3.27. The zero-order chi connectivity index (χ0) is 25.6. The summed E-state index contributed by atoms with van der Waals surface area (Å²) in [6.45, 7) is 21.2. The number of carbonyl (C=O) groups is 2. The van der Waals surface area contributed by atoms with Crippen molar-refractivity contribution in [2.24, 2.45) is 56.7 Å². The Morgan fingerprint density at radius 3 is 2.26 bits per heavy atom. The molecule has 35 heavy (non-hydrogen) atoms. The number of esters is 1. The van der Waals surface area contributed by atoms with Crippen LogP contribution in [0.2, 0.25) is 0 Å². The van der Waals surface area contributed by atoms with Gasteiger partial charge in [-0.15, -0.1) is 0 Å². The minimum atomic E-state index is -0.186. The van der Waals surface area contributed by atoms with Crippen molar-refractivity contribution in [2.45, 2.75) is 113 Å². The smallest absolute Gasteiger partial charge is 0.302 e. The molecular formula is C32H50O3. The van der Waals surface area contributed by atoms with Crippen molar-refractivity contribution in [3.8, 4) is 0 Å². The zero-order valence-corrected chi connectivity index (χ0v) is 23.6. The second kappa shape index (κ2) is 7.94. The number of ether oxygens (including phenoxy) is 1. The van der Waals surface area contributed by atoms with Gasteiger partial charge in [-0.2, -0.15) is 0 Å². The molecule has 0 bridgehead atoms. The van der Waals surface area contributed by atoms with Crippen molar-refractivity contribution >= 4 is 11.8 Å². The van der Waals surface area contributed by atoms with Crippen LogP contribution in [0.4, 0.5) is 0 Å². The van der Waals surface area contributed by atoms with E-state index in [1.54, 1.807) is 6.92 Å². The lowest BCUT2D eigenvalue weighted by atomic mass is 9.32. The highest BCUT2D eigenvalue weighted by Crippen LogP contribution is 2.77. The van der Waals surface area contributed by atoms with E-state index in [1.165, 1.54) is 56.9 Å². The molecule has 0 aromatic heterocycles. The van der Waals surface area contributed by atoms with Gasteiger partial charge in [-0.25, -0.2) is 0 Å². The maximum absolute atomic E-state index is 13.0. The van der Waals surface area contributed by atoms with Gasteiger partial charge in [0.15, 0.2) is 0 Å². The standard InChI is InChI=1S/C32H50O3/c1-20(2)22-11-16-32(19-35-21(3)33)18-17-30(7)23(27(22)32)9-10-25-29(6)14-13-26(34)28(4,5)24(29)12-15-31(25,30)8/h22-25,27H,1,9-19H2,2-8H3/t22?,23-,24?,25-,27?,29+,30-,31-,32-/m1/s1. The van der Waals surface area contributed by atoms with Crippen molar-refractivity contribution in [2.75, 3.05) is 6.61 Å². The highest BCUT2D eigenvalue weighted by atomic mass is 16.5. The first-order chi connectivity index (χ1) is 16.2. The molecule has 5 aliphatic carbocycles. The molecule has 0 spiro atoms. The van der Waals surface area contributed by atoms with Crippen LogP contribution in [-0.2, 0) is 14.3 Å². The maximum Gasteiger partial charge on any atom is 0.302 e. The van der Waals surface area contributed by atoms with Crippen LogP contribution in [0.3, 0.4) is 0 Å². The summed E-state index contributed by atoms with van der Waals surface area (Å²) in [5, 5.41) is 0. The molecule has 0 radical (unpaired) electrons. The Kier molecular flexibility index (Phi) is 5.79. The Morgan fingerprint density at radius 1 is 0.886 bits per heavy atom. The second-order valence-electron chi connectivity index (χ2n) is 15.0. The van der Waals surface area contributed by atoms with Crippen LogP contribution in [-0.4, -0.2) is 18.4 Å². The van der Waals surface area contributed by atoms with E-state index in [-0.39, 0.29) is 27.6 Å². The van der Waals surface area contributed by atoms with Crippen molar-refractivity contribution in [1.29, 1.82) is 0 Å². The van der Waals surface area contributed by atoms with E-state index in [0.29, 0.717) is 47.4 Å². The number of Topliss-reactive ketones (excluding diaryl/α,β-unsaturated/α-hetero) is 1. The third-order valence-corrected chi connectivity index (χ3v) is 13.5. The topological polar surface area (TPSA) is 43.4 Å². The first kappa shape index (κ1) is 25.5. The Labute approximate surface area is 214 Å². The highest BCUT2D eigenvalue weighted by molar-refractivity contribution is 5.85. The lowest BCUT2D eigenvalue weighted by Crippen LogP contribution is -2.66. The van der Waals surface area contributed by atoms with E-state index < -0.39 is 0 Å². The van der Waals surface area contributed by atoms with Gasteiger partial charge >= 0.3 is 5.97 Å². The van der Waals surface area contributed by atoms with Gasteiger partial charge in [0.05, 0.1) is 6.61 Å². The van der Waals surface area contributed by atoms with Crippen molar-refractivity contribution in [3.05, 3.63) is 12.2 Å². The van der Waals surface area contributed by atoms with Gasteiger partial charge in [0.2, 0.25) is 0 Å². The number of ketones is 1. The number of hydrogen-bond donors (Lipinski definition) is 0. The van der Waals surface area contributed by atoms with Gasteiger partial charge in [0.1, 0.15) is 5.78 Å². The SMILES string of the molecule is C=C(C)C1CC[C@]2(COC(C)=O)CC[C@]3(C)[C@H](CC[C@@H]4[C@@]5(C)CCC(=O)C(C)(C)C5CC[C@]43C)C12. The monoisotopic (exact) mass is 482 g/mol. The minimum Gasteiger partial charge on any atom is -0.465 e. The molecule has 5 fully saturated rings. The summed E-state index contributed by atoms with van der Waals surface area (Å²) in [4.78, 5) is 24.8. The predicted molar refractivity (Wildman–Crippen MR) is 141 cm³/mol. The predicted octanol–water partition coefficient (Wildman–Crippen LogP) is 7.78. The summed E-state index contributed by atoms with van der Waals surface area (Å²) in [6.07, 6.45) is 11.6. The molecule has 0 heterocycles. The molecule has 3 nitrogen and oxygen atoms in total. The Balaban J connectivity index is 1.53. The molecule has 5 aliphatic rings. The van der Waals surface area contributed by atoms with Gasteiger partial charge in [-0.3, -0.25) is 9.59 Å². The summed E-state index contributed by atoms with van der Waals surface area (Å²) in [6, 6.07) is 0. The molecule has 0 aromatic carbocycles. The minimum absolute atomic E-state index is 0.128. The van der Waals surface area contributed by atoms with E-state index in [1.807, 2.05) is 0 Å². The van der Waals surface area contributed by atoms with Gasteiger partial charge < -0.3 is 4.74 Å². The number of rotatable bonds is 3. The van der Waals surface area contributed by atoms with Crippen molar-refractivity contribution in [3.63, 3.8) is 0 Å². The largest absolute Gasteiger partial charge is 0.465 e. The quantitative estimate of drug-likeness (QED) is 0.305. The zero-order valence-electron chi connectivity index (χ0n) is 23.6. The second-order valence-corrected chi connectivity index (χ2v) is 15.0. The average molecular weight is 483 g/mol. The first-order valence-electron chi connectivity index (χ1n) is 14.5. The number of allylic oxidation sites excluding steroid dienone is 1. The molecular weight excluding hydrogens is 432 g/mol. The lowest BCUT2D eigenvalue weighted by Gasteiger charge is -2.72. The summed E-state index contributed by atoms with van der Waals surface area (Å²) in [5.41, 5.74) is 2.12.